The van der Waals surface area contributed by atoms with Crippen LogP contribution in [0.3, 0.4) is 0 Å². The van der Waals surface area contributed by atoms with Crippen LogP contribution in [0, 0.1) is 11.7 Å². The van der Waals surface area contributed by atoms with Crippen molar-refractivity contribution in [3.63, 3.8) is 0 Å². The van der Waals surface area contributed by atoms with Crippen molar-refractivity contribution in [2.24, 2.45) is 16.6 Å². The molecule has 2 heterocycles. The Hall–Kier alpha value is -1.83. The van der Waals surface area contributed by atoms with E-state index in [2.05, 4.69) is 4.99 Å². The first-order chi connectivity index (χ1) is 10.3. The molecule has 1 aromatic carbocycles. The van der Waals surface area contributed by atoms with Gasteiger partial charge < -0.3 is 15.2 Å². The maximum Gasteiger partial charge on any atom is 0.426 e. The molecule has 1 saturated heterocycles. The van der Waals surface area contributed by atoms with Crippen molar-refractivity contribution < 1.29 is 27.0 Å². The summed E-state index contributed by atoms with van der Waals surface area (Å²) in [5.74, 6) is -1.86. The summed E-state index contributed by atoms with van der Waals surface area (Å²) in [4.78, 5) is 4.03. The van der Waals surface area contributed by atoms with Crippen LogP contribution in [0.1, 0.15) is 12.5 Å². The highest BCUT2D eigenvalue weighted by Crippen LogP contribution is 2.51. The summed E-state index contributed by atoms with van der Waals surface area (Å²) >= 11 is 0. The van der Waals surface area contributed by atoms with Gasteiger partial charge in [-0.1, -0.05) is 18.2 Å². The molecule has 1 fully saturated rings. The first-order valence-corrected chi connectivity index (χ1v) is 6.71. The first kappa shape index (κ1) is 15.1. The molecule has 0 spiro atoms. The zero-order valence-corrected chi connectivity index (χ0v) is 11.6. The molecule has 0 amide bonds. The number of hydrogen-bond donors (Lipinski definition) is 1. The van der Waals surface area contributed by atoms with E-state index in [1.54, 1.807) is 0 Å². The van der Waals surface area contributed by atoms with Crippen LogP contribution in [0.4, 0.5) is 17.6 Å². The largest absolute Gasteiger partial charge is 0.452 e. The molecule has 2 aliphatic rings. The number of hydrogen-bond acceptors (Lipinski definition) is 4. The lowest BCUT2D eigenvalue weighted by Gasteiger charge is -2.41. The predicted molar refractivity (Wildman–Crippen MR) is 69.5 cm³/mol. The van der Waals surface area contributed by atoms with Crippen molar-refractivity contribution in [2.75, 3.05) is 6.61 Å². The number of benzene rings is 1. The van der Waals surface area contributed by atoms with E-state index in [1.807, 2.05) is 0 Å². The fraction of sp³-hybridized carbons (Fsp3) is 0.500. The van der Waals surface area contributed by atoms with Crippen LogP contribution in [0.2, 0.25) is 0 Å². The second kappa shape index (κ2) is 4.84. The monoisotopic (exact) mass is 318 g/mol. The van der Waals surface area contributed by atoms with Crippen LogP contribution in [0.15, 0.2) is 29.3 Å². The van der Waals surface area contributed by atoms with E-state index >= 15 is 0 Å². The summed E-state index contributed by atoms with van der Waals surface area (Å²) < 4.78 is 64.3. The number of nitrogens with zero attached hydrogens (tertiary/aromatic N) is 1. The molecule has 8 heteroatoms. The lowest BCUT2D eigenvalue weighted by Crippen LogP contribution is -2.55. The number of rotatable bonds is 1. The maximum atomic E-state index is 14.2. The molecule has 3 rings (SSSR count). The zero-order valence-electron chi connectivity index (χ0n) is 11.6. The van der Waals surface area contributed by atoms with Crippen LogP contribution < -0.4 is 5.73 Å². The fourth-order valence-corrected chi connectivity index (χ4v) is 3.28. The molecule has 22 heavy (non-hydrogen) atoms. The Bertz CT molecular complexity index is 619. The number of ether oxygens (including phenoxy) is 2. The highest BCUT2D eigenvalue weighted by atomic mass is 19.4. The van der Waals surface area contributed by atoms with Gasteiger partial charge in [0.2, 0.25) is 6.10 Å². The smallest absolute Gasteiger partial charge is 0.426 e. The van der Waals surface area contributed by atoms with Gasteiger partial charge in [-0.25, -0.2) is 9.38 Å². The average molecular weight is 318 g/mol. The average Bonchev–Trinajstić information content (AvgIpc) is 2.75. The molecule has 0 aromatic heterocycles. The van der Waals surface area contributed by atoms with Crippen molar-refractivity contribution >= 4 is 6.02 Å². The zero-order chi connectivity index (χ0) is 16.1. The van der Waals surface area contributed by atoms with Crippen LogP contribution >= 0.6 is 0 Å². The van der Waals surface area contributed by atoms with E-state index in [4.69, 9.17) is 15.2 Å². The highest BCUT2D eigenvalue weighted by Gasteiger charge is 2.64. The molecule has 2 N–H and O–H groups in total. The number of halogens is 4. The minimum atomic E-state index is -4.66. The molecule has 4 nitrogen and oxygen atoms in total. The third-order valence-corrected chi connectivity index (χ3v) is 4.17. The number of amidine groups is 1. The molecular formula is C14H14F4N2O2. The van der Waals surface area contributed by atoms with Crippen molar-refractivity contribution in [1.29, 1.82) is 0 Å². The molecular weight excluding hydrogens is 304 g/mol. The van der Waals surface area contributed by atoms with Crippen molar-refractivity contribution in [3.8, 4) is 0 Å². The standard InChI is InChI=1S/C14H14F4N2O2/c1-7-10-11(14(16,17)18)22-12(19)20-13(10,6-21-7)8-4-2-3-5-9(8)15/h2-5,7,10-11H,6H2,1H3,(H2,19,20)/t7-,10+,11+,13-/m1/s1. The van der Waals surface area contributed by atoms with E-state index in [-0.39, 0.29) is 12.2 Å². The number of fused-ring (bicyclic) bond motifs is 1. The number of aliphatic imine (C=N–C) groups is 1. The molecule has 0 aliphatic carbocycles. The quantitative estimate of drug-likeness (QED) is 0.809. The van der Waals surface area contributed by atoms with Gasteiger partial charge in [-0.2, -0.15) is 13.2 Å². The third kappa shape index (κ3) is 2.13. The summed E-state index contributed by atoms with van der Waals surface area (Å²) in [6.07, 6.45) is -7.66. The Kier molecular flexibility index (Phi) is 3.32. The lowest BCUT2D eigenvalue weighted by molar-refractivity contribution is -0.226. The Morgan fingerprint density at radius 2 is 2.00 bits per heavy atom. The Morgan fingerprint density at radius 3 is 2.64 bits per heavy atom. The third-order valence-electron chi connectivity index (χ3n) is 4.17. The van der Waals surface area contributed by atoms with Crippen LogP contribution in [-0.2, 0) is 15.0 Å². The van der Waals surface area contributed by atoms with Gasteiger partial charge in [0.15, 0.2) is 0 Å². The van der Waals surface area contributed by atoms with Gasteiger partial charge in [-0.15, -0.1) is 0 Å². The van der Waals surface area contributed by atoms with Gasteiger partial charge in [0.25, 0.3) is 6.02 Å². The van der Waals surface area contributed by atoms with Gasteiger partial charge in [-0.05, 0) is 13.0 Å². The Balaban J connectivity index is 2.19. The normalized spacial score (nSPS) is 34.8. The van der Waals surface area contributed by atoms with Crippen molar-refractivity contribution in [1.82, 2.24) is 0 Å². The van der Waals surface area contributed by atoms with Gasteiger partial charge in [0.1, 0.15) is 11.4 Å². The van der Waals surface area contributed by atoms with Crippen LogP contribution in [0.5, 0.6) is 0 Å². The maximum absolute atomic E-state index is 14.2. The molecule has 0 saturated carbocycles. The molecule has 1 aromatic rings. The summed E-state index contributed by atoms with van der Waals surface area (Å²) in [5.41, 5.74) is 3.94. The van der Waals surface area contributed by atoms with Crippen LogP contribution in [-0.4, -0.2) is 31.0 Å². The van der Waals surface area contributed by atoms with E-state index in [1.165, 1.54) is 31.2 Å². The predicted octanol–water partition coefficient (Wildman–Crippen LogP) is 2.33. The number of nitrogens with two attached hydrogens (primary N) is 1. The van der Waals surface area contributed by atoms with Crippen LogP contribution in [0.25, 0.3) is 0 Å². The minimum absolute atomic E-state index is 0.0323. The van der Waals surface area contributed by atoms with E-state index in [0.717, 1.165) is 0 Å². The van der Waals surface area contributed by atoms with Gasteiger partial charge in [0, 0.05) is 5.56 Å². The fourth-order valence-electron chi connectivity index (χ4n) is 3.28. The highest BCUT2D eigenvalue weighted by molar-refractivity contribution is 5.73. The summed E-state index contributed by atoms with van der Waals surface area (Å²) in [7, 11) is 0. The second-order valence-electron chi connectivity index (χ2n) is 5.48. The number of alkyl halides is 3. The summed E-state index contributed by atoms with van der Waals surface area (Å²) in [6.45, 7) is 1.31. The van der Waals surface area contributed by atoms with Gasteiger partial charge >= 0.3 is 6.18 Å². The summed E-state index contributed by atoms with van der Waals surface area (Å²) in [5, 5.41) is 0. The minimum Gasteiger partial charge on any atom is -0.452 e. The van der Waals surface area contributed by atoms with Crippen molar-refractivity contribution in [3.05, 3.63) is 35.6 Å². The lowest BCUT2D eigenvalue weighted by atomic mass is 9.74. The van der Waals surface area contributed by atoms with Gasteiger partial charge in [0.05, 0.1) is 18.6 Å². The second-order valence-corrected chi connectivity index (χ2v) is 5.48. The SMILES string of the molecule is C[C@H]1OC[C@]2(c3ccccc3F)N=C(N)O[C@H](C(F)(F)F)[C@H]12. The molecule has 0 radical (unpaired) electrons. The molecule has 0 bridgehead atoms. The van der Waals surface area contributed by atoms with E-state index in [9.17, 15) is 17.6 Å². The summed E-state index contributed by atoms with van der Waals surface area (Å²) in [6, 6.07) is 4.96. The van der Waals surface area contributed by atoms with E-state index in [0.29, 0.717) is 0 Å². The van der Waals surface area contributed by atoms with Crippen molar-refractivity contribution in [2.45, 2.75) is 30.8 Å². The van der Waals surface area contributed by atoms with E-state index < -0.39 is 41.7 Å². The Labute approximate surface area is 123 Å². The molecule has 4 atom stereocenters. The first-order valence-electron chi connectivity index (χ1n) is 6.71. The molecule has 120 valence electrons. The topological polar surface area (TPSA) is 56.8 Å². The van der Waals surface area contributed by atoms with Gasteiger partial charge in [-0.3, -0.25) is 0 Å². The molecule has 0 unspecified atom stereocenters. The molecule has 2 aliphatic heterocycles. The Morgan fingerprint density at radius 1 is 1.32 bits per heavy atom.